The zero-order valence-electron chi connectivity index (χ0n) is 11.2. The van der Waals surface area contributed by atoms with Crippen LogP contribution in [-0.4, -0.2) is 34.2 Å². The van der Waals surface area contributed by atoms with Crippen LogP contribution in [0.3, 0.4) is 0 Å². The van der Waals surface area contributed by atoms with E-state index in [-0.39, 0.29) is 5.75 Å². The first kappa shape index (κ1) is 12.9. The van der Waals surface area contributed by atoms with Crippen molar-refractivity contribution in [1.82, 2.24) is 9.97 Å². The van der Waals surface area contributed by atoms with Crippen molar-refractivity contribution in [2.75, 3.05) is 18.0 Å². The molecule has 0 amide bonds. The smallest absolute Gasteiger partial charge is 0.225 e. The van der Waals surface area contributed by atoms with Crippen LogP contribution < -0.4 is 10.6 Å². The third-order valence-electron chi connectivity index (χ3n) is 3.68. The number of phenolic OH excluding ortho intramolecular Hbond substituents is 1. The summed E-state index contributed by atoms with van der Waals surface area (Å²) >= 11 is 0. The summed E-state index contributed by atoms with van der Waals surface area (Å²) in [5.74, 6) is 0.976. The average molecular weight is 270 g/mol. The first-order valence-corrected chi connectivity index (χ1v) is 6.85. The summed E-state index contributed by atoms with van der Waals surface area (Å²) in [6.07, 6.45) is 5.47. The molecule has 2 heterocycles. The van der Waals surface area contributed by atoms with Gasteiger partial charge < -0.3 is 15.7 Å². The van der Waals surface area contributed by atoms with E-state index >= 15 is 0 Å². The second kappa shape index (κ2) is 5.46. The molecule has 0 bridgehead atoms. The Labute approximate surface area is 118 Å². The lowest BCUT2D eigenvalue weighted by Crippen LogP contribution is -2.40. The van der Waals surface area contributed by atoms with Gasteiger partial charge in [0, 0.05) is 42.7 Å². The van der Waals surface area contributed by atoms with E-state index in [0.717, 1.165) is 43.0 Å². The quantitative estimate of drug-likeness (QED) is 0.870. The largest absolute Gasteiger partial charge is 0.507 e. The minimum atomic E-state index is 0.243. The van der Waals surface area contributed by atoms with Gasteiger partial charge in [-0.15, -0.1) is 0 Å². The lowest BCUT2D eigenvalue weighted by molar-refractivity contribution is 0.477. The fourth-order valence-electron chi connectivity index (χ4n) is 2.44. The van der Waals surface area contributed by atoms with E-state index in [1.807, 2.05) is 12.1 Å². The van der Waals surface area contributed by atoms with E-state index in [0.29, 0.717) is 6.04 Å². The molecule has 0 atom stereocenters. The van der Waals surface area contributed by atoms with Crippen molar-refractivity contribution in [3.05, 3.63) is 36.7 Å². The van der Waals surface area contributed by atoms with Gasteiger partial charge in [-0.25, -0.2) is 9.97 Å². The summed E-state index contributed by atoms with van der Waals surface area (Å²) in [4.78, 5) is 11.0. The predicted octanol–water partition coefficient (Wildman–Crippen LogP) is 1.78. The maximum atomic E-state index is 9.83. The van der Waals surface area contributed by atoms with Gasteiger partial charge in [0.25, 0.3) is 0 Å². The molecular formula is C15H18N4O. The van der Waals surface area contributed by atoms with E-state index in [2.05, 4.69) is 14.9 Å². The molecular weight excluding hydrogens is 252 g/mol. The van der Waals surface area contributed by atoms with Gasteiger partial charge in [-0.1, -0.05) is 18.2 Å². The summed E-state index contributed by atoms with van der Waals surface area (Å²) in [6.45, 7) is 1.80. The number of piperidine rings is 1. The summed E-state index contributed by atoms with van der Waals surface area (Å²) in [6, 6.07) is 7.50. The molecule has 0 saturated carbocycles. The first-order valence-electron chi connectivity index (χ1n) is 6.85. The third-order valence-corrected chi connectivity index (χ3v) is 3.68. The number of hydrogen-bond acceptors (Lipinski definition) is 5. The molecule has 0 aliphatic carbocycles. The highest BCUT2D eigenvalue weighted by Crippen LogP contribution is 2.28. The Hall–Kier alpha value is -2.14. The van der Waals surface area contributed by atoms with Crippen molar-refractivity contribution in [3.63, 3.8) is 0 Å². The SMILES string of the molecule is NC1CCN(c2ncc(-c3ccccc3O)cn2)CC1. The number of aromatic hydroxyl groups is 1. The zero-order valence-corrected chi connectivity index (χ0v) is 11.2. The van der Waals surface area contributed by atoms with Crippen LogP contribution in [0.1, 0.15) is 12.8 Å². The molecule has 1 aliphatic rings. The molecule has 5 nitrogen and oxygen atoms in total. The molecule has 104 valence electrons. The molecule has 0 unspecified atom stereocenters. The van der Waals surface area contributed by atoms with Gasteiger partial charge in [0.05, 0.1) is 0 Å². The van der Waals surface area contributed by atoms with Crippen LogP contribution in [0.25, 0.3) is 11.1 Å². The fraction of sp³-hybridized carbons (Fsp3) is 0.333. The molecule has 1 aromatic heterocycles. The molecule has 5 heteroatoms. The highest BCUT2D eigenvalue weighted by Gasteiger charge is 2.18. The van der Waals surface area contributed by atoms with E-state index in [1.165, 1.54) is 0 Å². The number of phenols is 1. The Morgan fingerprint density at radius 3 is 2.40 bits per heavy atom. The van der Waals surface area contributed by atoms with Crippen molar-refractivity contribution in [1.29, 1.82) is 0 Å². The van der Waals surface area contributed by atoms with Gasteiger partial charge >= 0.3 is 0 Å². The Bertz CT molecular complexity index is 577. The maximum Gasteiger partial charge on any atom is 0.225 e. The Morgan fingerprint density at radius 2 is 1.75 bits per heavy atom. The van der Waals surface area contributed by atoms with Gasteiger partial charge in [0.2, 0.25) is 5.95 Å². The normalized spacial score (nSPS) is 16.4. The fourth-order valence-corrected chi connectivity index (χ4v) is 2.44. The number of benzene rings is 1. The van der Waals surface area contributed by atoms with Crippen LogP contribution in [-0.2, 0) is 0 Å². The van der Waals surface area contributed by atoms with Crippen LogP contribution >= 0.6 is 0 Å². The minimum Gasteiger partial charge on any atom is -0.507 e. The molecule has 1 aromatic carbocycles. The van der Waals surface area contributed by atoms with Crippen LogP contribution in [0.2, 0.25) is 0 Å². The lowest BCUT2D eigenvalue weighted by Gasteiger charge is -2.30. The summed E-state index contributed by atoms with van der Waals surface area (Å²) in [5.41, 5.74) is 7.47. The second-order valence-corrected chi connectivity index (χ2v) is 5.11. The summed E-state index contributed by atoms with van der Waals surface area (Å²) in [7, 11) is 0. The highest BCUT2D eigenvalue weighted by atomic mass is 16.3. The monoisotopic (exact) mass is 270 g/mol. The van der Waals surface area contributed by atoms with Crippen LogP contribution in [0.15, 0.2) is 36.7 Å². The van der Waals surface area contributed by atoms with Gasteiger partial charge in [0.1, 0.15) is 5.75 Å². The molecule has 2 aromatic rings. The Balaban J connectivity index is 1.80. The minimum absolute atomic E-state index is 0.243. The van der Waals surface area contributed by atoms with Crippen LogP contribution in [0.4, 0.5) is 5.95 Å². The van der Waals surface area contributed by atoms with Gasteiger partial charge in [-0.3, -0.25) is 0 Å². The Kier molecular flexibility index (Phi) is 3.52. The molecule has 1 aliphatic heterocycles. The lowest BCUT2D eigenvalue weighted by atomic mass is 10.1. The number of nitrogens with two attached hydrogens (primary N) is 1. The maximum absolute atomic E-state index is 9.83. The molecule has 3 rings (SSSR count). The molecule has 20 heavy (non-hydrogen) atoms. The highest BCUT2D eigenvalue weighted by molar-refractivity contribution is 5.68. The van der Waals surface area contributed by atoms with E-state index in [9.17, 15) is 5.11 Å². The number of hydrogen-bond donors (Lipinski definition) is 2. The van der Waals surface area contributed by atoms with Crippen molar-refractivity contribution in [3.8, 4) is 16.9 Å². The number of nitrogens with zero attached hydrogens (tertiary/aromatic N) is 3. The van der Waals surface area contributed by atoms with Crippen LogP contribution in [0, 0.1) is 0 Å². The zero-order chi connectivity index (χ0) is 13.9. The predicted molar refractivity (Wildman–Crippen MR) is 78.6 cm³/mol. The van der Waals surface area contributed by atoms with Crippen molar-refractivity contribution < 1.29 is 5.11 Å². The Morgan fingerprint density at radius 1 is 1.10 bits per heavy atom. The standard InChI is InChI=1S/C15H18N4O/c16-12-5-7-19(8-6-12)15-17-9-11(10-18-15)13-3-1-2-4-14(13)20/h1-4,9-10,12,20H,5-8,16H2. The first-order chi connectivity index (χ1) is 9.74. The molecule has 1 fully saturated rings. The number of para-hydroxylation sites is 1. The van der Waals surface area contributed by atoms with E-state index in [1.54, 1.807) is 24.5 Å². The topological polar surface area (TPSA) is 75.3 Å². The molecule has 0 spiro atoms. The van der Waals surface area contributed by atoms with E-state index < -0.39 is 0 Å². The van der Waals surface area contributed by atoms with Crippen LogP contribution in [0.5, 0.6) is 5.75 Å². The van der Waals surface area contributed by atoms with E-state index in [4.69, 9.17) is 5.73 Å². The summed E-state index contributed by atoms with van der Waals surface area (Å²) < 4.78 is 0. The van der Waals surface area contributed by atoms with Crippen molar-refractivity contribution >= 4 is 5.95 Å². The van der Waals surface area contributed by atoms with Gasteiger partial charge in [-0.2, -0.15) is 0 Å². The van der Waals surface area contributed by atoms with Gasteiger partial charge in [-0.05, 0) is 18.9 Å². The summed E-state index contributed by atoms with van der Waals surface area (Å²) in [5, 5.41) is 9.83. The molecule has 3 N–H and O–H groups in total. The second-order valence-electron chi connectivity index (χ2n) is 5.11. The van der Waals surface area contributed by atoms with Crippen molar-refractivity contribution in [2.24, 2.45) is 5.73 Å². The van der Waals surface area contributed by atoms with Crippen molar-refractivity contribution in [2.45, 2.75) is 18.9 Å². The third kappa shape index (κ3) is 2.58. The molecule has 1 saturated heterocycles. The van der Waals surface area contributed by atoms with Gasteiger partial charge in [0.15, 0.2) is 0 Å². The number of aromatic nitrogens is 2. The number of anilines is 1. The average Bonchev–Trinajstić information content (AvgIpc) is 2.49. The molecule has 0 radical (unpaired) electrons. The number of rotatable bonds is 2.